The molecule has 0 unspecified atom stereocenters. The fourth-order valence-electron chi connectivity index (χ4n) is 1.81. The number of benzene rings is 1. The Hall–Kier alpha value is -1.39. The average Bonchev–Trinajstić information content (AvgIpc) is 3.25. The van der Waals surface area contributed by atoms with Gasteiger partial charge in [-0.2, -0.15) is 0 Å². The summed E-state index contributed by atoms with van der Waals surface area (Å²) >= 11 is 1.58. The van der Waals surface area contributed by atoms with E-state index in [1.165, 1.54) is 30.5 Å². The molecule has 4 heteroatoms. The molecule has 1 aliphatic rings. The van der Waals surface area contributed by atoms with Gasteiger partial charge in [-0.15, -0.1) is 0 Å². The number of rotatable bonds is 5. The van der Waals surface area contributed by atoms with E-state index < -0.39 is 0 Å². The third-order valence-corrected chi connectivity index (χ3v) is 4.11. The average molecular weight is 274 g/mol. The summed E-state index contributed by atoms with van der Waals surface area (Å²) in [5, 5.41) is 4.48. The summed E-state index contributed by atoms with van der Waals surface area (Å²) in [5.74, 6) is -0.207. The maximum absolute atomic E-state index is 12.9. The van der Waals surface area contributed by atoms with Gasteiger partial charge in [-0.05, 0) is 48.7 Å². The van der Waals surface area contributed by atoms with E-state index in [1.807, 2.05) is 6.07 Å². The van der Waals surface area contributed by atoms with E-state index in [0.29, 0.717) is 6.04 Å². The summed E-state index contributed by atoms with van der Waals surface area (Å²) in [6.45, 7) is 0.849. The molecule has 19 heavy (non-hydrogen) atoms. The van der Waals surface area contributed by atoms with Crippen molar-refractivity contribution in [3.63, 3.8) is 0 Å². The molecule has 0 bridgehead atoms. The molecule has 1 heterocycles. The van der Waals surface area contributed by atoms with Crippen molar-refractivity contribution in [1.29, 1.82) is 0 Å². The van der Waals surface area contributed by atoms with Crippen LogP contribution >= 0.6 is 11.8 Å². The Bertz CT molecular complexity index is 552. The van der Waals surface area contributed by atoms with Gasteiger partial charge < -0.3 is 5.32 Å². The van der Waals surface area contributed by atoms with Gasteiger partial charge in [-0.3, -0.25) is 0 Å². The summed E-state index contributed by atoms with van der Waals surface area (Å²) in [6.07, 6.45) is 4.36. The Balaban J connectivity index is 1.73. The van der Waals surface area contributed by atoms with Gasteiger partial charge in [-0.25, -0.2) is 9.37 Å². The highest BCUT2D eigenvalue weighted by Crippen LogP contribution is 2.29. The van der Waals surface area contributed by atoms with Crippen LogP contribution in [-0.2, 0) is 6.54 Å². The number of halogens is 1. The maximum Gasteiger partial charge on any atom is 0.123 e. The molecule has 2 nitrogen and oxygen atoms in total. The molecular formula is C15H15FN2S. The lowest BCUT2D eigenvalue weighted by molar-refractivity contribution is 0.626. The largest absolute Gasteiger partial charge is 0.310 e. The van der Waals surface area contributed by atoms with Crippen molar-refractivity contribution in [1.82, 2.24) is 10.3 Å². The standard InChI is InChI=1S/C15H15FN2S/c16-12-3-7-14(8-4-12)19-15-11(2-1-9-17-15)10-18-13-5-6-13/h1-4,7-9,13,18H,5-6,10H2. The number of pyridine rings is 1. The summed E-state index contributed by atoms with van der Waals surface area (Å²) in [6, 6.07) is 11.3. The normalized spacial score (nSPS) is 14.6. The Morgan fingerprint density at radius 1 is 1.21 bits per heavy atom. The van der Waals surface area contributed by atoms with Gasteiger partial charge in [0.2, 0.25) is 0 Å². The fraction of sp³-hybridized carbons (Fsp3) is 0.267. The third kappa shape index (κ3) is 3.55. The minimum atomic E-state index is -0.207. The first-order valence-corrected chi connectivity index (χ1v) is 7.23. The Morgan fingerprint density at radius 2 is 2.00 bits per heavy atom. The van der Waals surface area contributed by atoms with Gasteiger partial charge >= 0.3 is 0 Å². The quantitative estimate of drug-likeness (QED) is 0.901. The van der Waals surface area contributed by atoms with Gasteiger partial charge in [0, 0.05) is 23.7 Å². The van der Waals surface area contributed by atoms with Crippen LogP contribution in [0.2, 0.25) is 0 Å². The Kier molecular flexibility index (Phi) is 3.80. The molecule has 2 aromatic rings. The monoisotopic (exact) mass is 274 g/mol. The summed E-state index contributed by atoms with van der Waals surface area (Å²) < 4.78 is 12.9. The first kappa shape index (κ1) is 12.6. The zero-order chi connectivity index (χ0) is 13.1. The van der Waals surface area contributed by atoms with Crippen LogP contribution in [-0.4, -0.2) is 11.0 Å². The van der Waals surface area contributed by atoms with Gasteiger partial charge in [0.05, 0.1) is 0 Å². The van der Waals surface area contributed by atoms with Crippen LogP contribution in [0.3, 0.4) is 0 Å². The van der Waals surface area contributed by atoms with E-state index in [2.05, 4.69) is 16.4 Å². The summed E-state index contributed by atoms with van der Waals surface area (Å²) in [7, 11) is 0. The van der Waals surface area contributed by atoms with Gasteiger partial charge in [0.1, 0.15) is 10.8 Å². The fourth-order valence-corrected chi connectivity index (χ4v) is 2.69. The minimum absolute atomic E-state index is 0.207. The van der Waals surface area contributed by atoms with Crippen molar-refractivity contribution in [2.45, 2.75) is 35.3 Å². The number of nitrogens with zero attached hydrogens (tertiary/aromatic N) is 1. The first-order valence-electron chi connectivity index (χ1n) is 6.42. The second-order valence-electron chi connectivity index (χ2n) is 4.68. The van der Waals surface area contributed by atoms with Crippen molar-refractivity contribution >= 4 is 11.8 Å². The molecule has 98 valence electrons. The number of nitrogens with one attached hydrogen (secondary N) is 1. The van der Waals surface area contributed by atoms with Gasteiger partial charge in [0.25, 0.3) is 0 Å². The first-order chi connectivity index (χ1) is 9.31. The highest BCUT2D eigenvalue weighted by Gasteiger charge is 2.20. The minimum Gasteiger partial charge on any atom is -0.310 e. The van der Waals surface area contributed by atoms with E-state index in [0.717, 1.165) is 16.5 Å². The van der Waals surface area contributed by atoms with Gasteiger partial charge in [0.15, 0.2) is 0 Å². The molecule has 0 radical (unpaired) electrons. The van der Waals surface area contributed by atoms with Crippen LogP contribution in [0.4, 0.5) is 4.39 Å². The summed E-state index contributed by atoms with van der Waals surface area (Å²) in [5.41, 5.74) is 1.20. The predicted octanol–water partition coefficient (Wildman–Crippen LogP) is 3.62. The maximum atomic E-state index is 12.9. The second-order valence-corrected chi connectivity index (χ2v) is 5.74. The predicted molar refractivity (Wildman–Crippen MR) is 74.6 cm³/mol. The highest BCUT2D eigenvalue weighted by atomic mass is 32.2. The molecule has 1 aromatic heterocycles. The smallest absolute Gasteiger partial charge is 0.123 e. The van der Waals surface area contributed by atoms with Gasteiger partial charge in [-0.1, -0.05) is 17.8 Å². The molecule has 0 atom stereocenters. The van der Waals surface area contributed by atoms with Crippen LogP contribution in [0.5, 0.6) is 0 Å². The van der Waals surface area contributed by atoms with Crippen molar-refractivity contribution in [2.24, 2.45) is 0 Å². The van der Waals surface area contributed by atoms with Crippen molar-refractivity contribution < 1.29 is 4.39 Å². The number of hydrogen-bond acceptors (Lipinski definition) is 3. The van der Waals surface area contributed by atoms with Crippen molar-refractivity contribution in [3.05, 3.63) is 54.0 Å². The van der Waals surface area contributed by atoms with E-state index >= 15 is 0 Å². The number of hydrogen-bond donors (Lipinski definition) is 1. The molecule has 1 N–H and O–H groups in total. The number of aromatic nitrogens is 1. The summed E-state index contributed by atoms with van der Waals surface area (Å²) in [4.78, 5) is 5.43. The van der Waals surface area contributed by atoms with E-state index in [4.69, 9.17) is 0 Å². The molecule has 0 saturated heterocycles. The zero-order valence-corrected chi connectivity index (χ0v) is 11.3. The van der Waals surface area contributed by atoms with Crippen molar-refractivity contribution in [2.75, 3.05) is 0 Å². The lowest BCUT2D eigenvalue weighted by Gasteiger charge is -2.08. The van der Waals surface area contributed by atoms with Crippen LogP contribution in [0, 0.1) is 5.82 Å². The molecule has 0 aliphatic heterocycles. The van der Waals surface area contributed by atoms with E-state index in [9.17, 15) is 4.39 Å². The molecule has 3 rings (SSSR count). The SMILES string of the molecule is Fc1ccc(Sc2ncccc2CNC2CC2)cc1. The molecule has 0 spiro atoms. The lowest BCUT2D eigenvalue weighted by Crippen LogP contribution is -2.16. The molecule has 0 amide bonds. The highest BCUT2D eigenvalue weighted by molar-refractivity contribution is 7.99. The molecule has 1 fully saturated rings. The molecule has 1 aliphatic carbocycles. The van der Waals surface area contributed by atoms with E-state index in [-0.39, 0.29) is 5.82 Å². The molecule has 1 saturated carbocycles. The van der Waals surface area contributed by atoms with Crippen LogP contribution in [0.15, 0.2) is 52.5 Å². The topological polar surface area (TPSA) is 24.9 Å². The van der Waals surface area contributed by atoms with Crippen molar-refractivity contribution in [3.8, 4) is 0 Å². The molecule has 1 aromatic carbocycles. The second kappa shape index (κ2) is 5.72. The van der Waals surface area contributed by atoms with Crippen LogP contribution in [0.1, 0.15) is 18.4 Å². The van der Waals surface area contributed by atoms with Crippen LogP contribution in [0.25, 0.3) is 0 Å². The van der Waals surface area contributed by atoms with E-state index in [1.54, 1.807) is 30.1 Å². The van der Waals surface area contributed by atoms with Crippen LogP contribution < -0.4 is 5.32 Å². The lowest BCUT2D eigenvalue weighted by atomic mass is 10.3. The third-order valence-electron chi connectivity index (χ3n) is 3.04. The molecular weight excluding hydrogens is 259 g/mol. The zero-order valence-electron chi connectivity index (χ0n) is 10.5. The Labute approximate surface area is 116 Å². The Morgan fingerprint density at radius 3 is 2.74 bits per heavy atom.